The molecule has 2 rings (SSSR count). The second-order valence-corrected chi connectivity index (χ2v) is 4.63. The van der Waals surface area contributed by atoms with Gasteiger partial charge in [0.05, 0.1) is 5.69 Å². The number of aromatic nitrogens is 5. The predicted molar refractivity (Wildman–Crippen MR) is 64.6 cm³/mol. The second kappa shape index (κ2) is 4.22. The molecular weight excluding hydrogens is 244 g/mol. The highest BCUT2D eigenvalue weighted by molar-refractivity contribution is 7.71. The Kier molecular flexibility index (Phi) is 2.92. The molecule has 2 aromatic heterocycles. The Bertz CT molecular complexity index is 558. The molecule has 0 aliphatic carbocycles. The number of nitrogen functional groups attached to an aromatic ring is 1. The molecular formula is C8H10N6S2. The lowest BCUT2D eigenvalue weighted by molar-refractivity contribution is 0.812. The largest absolute Gasteiger partial charge is 0.369 e. The Labute approximate surface area is 101 Å². The van der Waals surface area contributed by atoms with Crippen molar-refractivity contribution in [2.75, 3.05) is 5.73 Å². The number of nitrogens with one attached hydrogen (secondary N) is 1. The SMILES string of the molecule is CC(C)c1nnsc1-c1nc(=S)nc(N)[nH]1. The molecule has 6 nitrogen and oxygen atoms in total. The van der Waals surface area contributed by atoms with Gasteiger partial charge in [0.2, 0.25) is 10.7 Å². The van der Waals surface area contributed by atoms with Crippen molar-refractivity contribution in [3.05, 3.63) is 10.5 Å². The third kappa shape index (κ3) is 2.07. The predicted octanol–water partition coefficient (Wildman–Crippen LogP) is 1.76. The Morgan fingerprint density at radius 1 is 1.38 bits per heavy atom. The van der Waals surface area contributed by atoms with Crippen LogP contribution in [0.2, 0.25) is 0 Å². The van der Waals surface area contributed by atoms with Crippen LogP contribution in [0.3, 0.4) is 0 Å². The summed E-state index contributed by atoms with van der Waals surface area (Å²) in [6, 6.07) is 0. The van der Waals surface area contributed by atoms with Crippen molar-refractivity contribution in [3.8, 4) is 10.7 Å². The minimum atomic E-state index is 0.217. The molecule has 0 radical (unpaired) electrons. The summed E-state index contributed by atoms with van der Waals surface area (Å²) in [6.45, 7) is 4.08. The Balaban J connectivity index is 2.58. The van der Waals surface area contributed by atoms with Crippen molar-refractivity contribution < 1.29 is 0 Å². The lowest BCUT2D eigenvalue weighted by atomic mass is 10.1. The molecule has 2 aromatic rings. The molecule has 2 heterocycles. The lowest BCUT2D eigenvalue weighted by Gasteiger charge is -2.03. The minimum Gasteiger partial charge on any atom is -0.369 e. The zero-order valence-corrected chi connectivity index (χ0v) is 10.4. The van der Waals surface area contributed by atoms with Gasteiger partial charge < -0.3 is 10.7 Å². The molecule has 3 N–H and O–H groups in total. The van der Waals surface area contributed by atoms with Gasteiger partial charge in [0.15, 0.2) is 5.82 Å². The fourth-order valence-electron chi connectivity index (χ4n) is 1.25. The monoisotopic (exact) mass is 254 g/mol. The van der Waals surface area contributed by atoms with E-state index in [9.17, 15) is 0 Å². The third-order valence-electron chi connectivity index (χ3n) is 1.95. The summed E-state index contributed by atoms with van der Waals surface area (Å²) in [4.78, 5) is 11.6. The summed E-state index contributed by atoms with van der Waals surface area (Å²) in [6.07, 6.45) is 0. The van der Waals surface area contributed by atoms with E-state index in [4.69, 9.17) is 18.0 Å². The summed E-state index contributed by atoms with van der Waals surface area (Å²) in [5, 5.41) is 4.06. The maximum atomic E-state index is 5.58. The third-order valence-corrected chi connectivity index (χ3v) is 2.88. The molecule has 0 fully saturated rings. The first-order valence-corrected chi connectivity index (χ1v) is 5.82. The van der Waals surface area contributed by atoms with Crippen LogP contribution < -0.4 is 5.73 Å². The van der Waals surface area contributed by atoms with Crippen LogP contribution in [-0.4, -0.2) is 24.5 Å². The zero-order valence-electron chi connectivity index (χ0n) is 8.76. The average Bonchev–Trinajstić information content (AvgIpc) is 2.63. The smallest absolute Gasteiger partial charge is 0.224 e. The van der Waals surface area contributed by atoms with E-state index in [1.165, 1.54) is 11.5 Å². The van der Waals surface area contributed by atoms with Crippen molar-refractivity contribution in [3.63, 3.8) is 0 Å². The number of nitrogens with two attached hydrogens (primary N) is 1. The van der Waals surface area contributed by atoms with E-state index in [2.05, 4.69) is 24.5 Å². The average molecular weight is 254 g/mol. The molecule has 8 heteroatoms. The van der Waals surface area contributed by atoms with E-state index < -0.39 is 0 Å². The number of anilines is 1. The van der Waals surface area contributed by atoms with Crippen LogP contribution in [0.15, 0.2) is 0 Å². The van der Waals surface area contributed by atoms with E-state index in [-0.39, 0.29) is 16.6 Å². The molecule has 84 valence electrons. The Morgan fingerprint density at radius 2 is 2.12 bits per heavy atom. The van der Waals surface area contributed by atoms with Gasteiger partial charge in [-0.1, -0.05) is 18.3 Å². The molecule has 0 saturated heterocycles. The molecule has 0 aromatic carbocycles. The summed E-state index contributed by atoms with van der Waals surface area (Å²) in [5.74, 6) is 1.10. The molecule has 0 bridgehead atoms. The van der Waals surface area contributed by atoms with Crippen molar-refractivity contribution in [2.24, 2.45) is 0 Å². The van der Waals surface area contributed by atoms with Gasteiger partial charge in [-0.15, -0.1) is 5.10 Å². The Hall–Kier alpha value is -1.41. The van der Waals surface area contributed by atoms with Gasteiger partial charge in [-0.05, 0) is 29.7 Å². The fraction of sp³-hybridized carbons (Fsp3) is 0.375. The van der Waals surface area contributed by atoms with Crippen LogP contribution in [-0.2, 0) is 0 Å². The molecule has 0 atom stereocenters. The highest BCUT2D eigenvalue weighted by Crippen LogP contribution is 2.27. The molecule has 0 saturated carbocycles. The number of H-pyrrole nitrogens is 1. The van der Waals surface area contributed by atoms with E-state index in [0.29, 0.717) is 5.82 Å². The normalized spacial score (nSPS) is 10.9. The standard InChI is InChI=1S/C8H10N6S2/c1-3(2)4-5(16-14-13-4)6-10-7(9)12-8(15)11-6/h3H,1-2H3,(H3,9,10,11,12,15). The van der Waals surface area contributed by atoms with Gasteiger partial charge in [-0.25, -0.2) is 0 Å². The Morgan fingerprint density at radius 3 is 2.75 bits per heavy atom. The van der Waals surface area contributed by atoms with Crippen molar-refractivity contribution >= 4 is 29.7 Å². The summed E-state index contributed by atoms with van der Waals surface area (Å²) >= 11 is 6.18. The zero-order chi connectivity index (χ0) is 11.7. The van der Waals surface area contributed by atoms with Crippen LogP contribution in [0, 0.1) is 4.77 Å². The quantitative estimate of drug-likeness (QED) is 0.793. The number of aromatic amines is 1. The van der Waals surface area contributed by atoms with Gasteiger partial charge in [0.1, 0.15) is 4.88 Å². The van der Waals surface area contributed by atoms with Crippen LogP contribution in [0.1, 0.15) is 25.5 Å². The van der Waals surface area contributed by atoms with Crippen molar-refractivity contribution in [1.82, 2.24) is 24.5 Å². The van der Waals surface area contributed by atoms with Gasteiger partial charge in [0.25, 0.3) is 0 Å². The number of hydrogen-bond acceptors (Lipinski definition) is 7. The van der Waals surface area contributed by atoms with Gasteiger partial charge >= 0.3 is 0 Å². The molecule has 0 aliphatic heterocycles. The minimum absolute atomic E-state index is 0.217. The van der Waals surface area contributed by atoms with Crippen LogP contribution in [0.5, 0.6) is 0 Å². The lowest BCUT2D eigenvalue weighted by Crippen LogP contribution is -2.01. The van der Waals surface area contributed by atoms with Gasteiger partial charge in [-0.2, -0.15) is 9.97 Å². The highest BCUT2D eigenvalue weighted by atomic mass is 32.1. The summed E-state index contributed by atoms with van der Waals surface area (Å²) in [5.41, 5.74) is 6.47. The van der Waals surface area contributed by atoms with Gasteiger partial charge in [-0.3, -0.25) is 0 Å². The molecule has 0 amide bonds. The van der Waals surface area contributed by atoms with E-state index >= 15 is 0 Å². The molecule has 16 heavy (non-hydrogen) atoms. The second-order valence-electron chi connectivity index (χ2n) is 3.51. The maximum absolute atomic E-state index is 5.58. The number of nitrogens with zero attached hydrogens (tertiary/aromatic N) is 4. The van der Waals surface area contributed by atoms with Crippen LogP contribution in [0.25, 0.3) is 10.7 Å². The molecule has 0 aliphatic rings. The van der Waals surface area contributed by atoms with E-state index in [1.807, 2.05) is 13.8 Å². The highest BCUT2D eigenvalue weighted by Gasteiger charge is 2.15. The van der Waals surface area contributed by atoms with Crippen molar-refractivity contribution in [2.45, 2.75) is 19.8 Å². The number of rotatable bonds is 2. The first-order valence-electron chi connectivity index (χ1n) is 4.64. The topological polar surface area (TPSA) is 93.4 Å². The van der Waals surface area contributed by atoms with Crippen LogP contribution in [0.4, 0.5) is 5.95 Å². The van der Waals surface area contributed by atoms with Crippen LogP contribution >= 0.6 is 23.8 Å². The first kappa shape index (κ1) is 11.1. The molecule has 0 spiro atoms. The van der Waals surface area contributed by atoms with Crippen molar-refractivity contribution in [1.29, 1.82) is 0 Å². The summed E-state index contributed by atoms with van der Waals surface area (Å²) < 4.78 is 4.13. The number of hydrogen-bond donors (Lipinski definition) is 2. The van der Waals surface area contributed by atoms with E-state index in [1.54, 1.807) is 0 Å². The maximum Gasteiger partial charge on any atom is 0.224 e. The molecule has 0 unspecified atom stereocenters. The summed E-state index contributed by atoms with van der Waals surface area (Å²) in [7, 11) is 0. The van der Waals surface area contributed by atoms with E-state index in [0.717, 1.165) is 10.6 Å². The first-order chi connectivity index (χ1) is 7.58. The van der Waals surface area contributed by atoms with Gasteiger partial charge in [0, 0.05) is 0 Å². The fourth-order valence-corrected chi connectivity index (χ4v) is 2.20.